The summed E-state index contributed by atoms with van der Waals surface area (Å²) in [7, 11) is -3.82. The number of sulfone groups is 1. The first-order chi connectivity index (χ1) is 9.55. The highest BCUT2D eigenvalue weighted by Gasteiger charge is 2.20. The van der Waals surface area contributed by atoms with E-state index >= 15 is 0 Å². The van der Waals surface area contributed by atoms with E-state index in [-0.39, 0.29) is 9.80 Å². The van der Waals surface area contributed by atoms with Crippen molar-refractivity contribution in [2.75, 3.05) is 0 Å². The average molecular weight is 304 g/mol. The van der Waals surface area contributed by atoms with Crippen LogP contribution in [0.2, 0.25) is 5.02 Å². The van der Waals surface area contributed by atoms with E-state index in [2.05, 4.69) is 0 Å². The van der Waals surface area contributed by atoms with Gasteiger partial charge in [-0.15, -0.1) is 0 Å². The van der Waals surface area contributed by atoms with Gasteiger partial charge in [0.05, 0.1) is 4.90 Å². The summed E-state index contributed by atoms with van der Waals surface area (Å²) in [4.78, 5) is -0.253. The van der Waals surface area contributed by atoms with Crippen LogP contribution in [0.4, 0.5) is 0 Å². The van der Waals surface area contributed by atoms with Gasteiger partial charge in [0.1, 0.15) is 11.0 Å². The van der Waals surface area contributed by atoms with Gasteiger partial charge in [-0.05, 0) is 29.8 Å². The minimum atomic E-state index is -3.82. The van der Waals surface area contributed by atoms with Crippen LogP contribution in [0.1, 0.15) is 5.56 Å². The molecule has 0 bridgehead atoms. The van der Waals surface area contributed by atoms with Crippen molar-refractivity contribution in [2.24, 2.45) is 0 Å². The molecule has 2 aromatic rings. The van der Waals surface area contributed by atoms with Crippen molar-refractivity contribution in [3.63, 3.8) is 0 Å². The largest absolute Gasteiger partial charge is 0.218 e. The van der Waals surface area contributed by atoms with E-state index in [1.165, 1.54) is 18.2 Å². The quantitative estimate of drug-likeness (QED) is 0.813. The third-order valence-electron chi connectivity index (χ3n) is 2.65. The fraction of sp³-hybridized carbons (Fsp3) is 0. The van der Waals surface area contributed by atoms with Crippen LogP contribution in [0, 0.1) is 11.3 Å². The lowest BCUT2D eigenvalue weighted by molar-refractivity contribution is 0.603. The minimum absolute atomic E-state index is 0.0832. The third-order valence-corrected chi connectivity index (χ3v) is 4.67. The van der Waals surface area contributed by atoms with E-state index in [1.807, 2.05) is 0 Å². The standard InChI is InChI=1S/C15H10ClNO2S/c16-15-9-5-4-6-12(15)10-14(11-17)20(18,19)13-7-2-1-3-8-13/h1-10H/b14-10-. The molecule has 0 heterocycles. The van der Waals surface area contributed by atoms with Crippen molar-refractivity contribution in [1.29, 1.82) is 5.26 Å². The van der Waals surface area contributed by atoms with E-state index < -0.39 is 9.84 Å². The smallest absolute Gasteiger partial charge is 0.216 e. The van der Waals surface area contributed by atoms with Crippen LogP contribution >= 0.6 is 11.6 Å². The monoisotopic (exact) mass is 303 g/mol. The molecular formula is C15H10ClNO2S. The molecule has 0 atom stereocenters. The normalized spacial score (nSPS) is 11.9. The van der Waals surface area contributed by atoms with Crippen molar-refractivity contribution < 1.29 is 8.42 Å². The fourth-order valence-electron chi connectivity index (χ4n) is 1.63. The zero-order valence-electron chi connectivity index (χ0n) is 10.3. The van der Waals surface area contributed by atoms with Gasteiger partial charge in [-0.2, -0.15) is 5.26 Å². The molecule has 2 rings (SSSR count). The molecule has 0 aliphatic carbocycles. The topological polar surface area (TPSA) is 57.9 Å². The molecule has 0 radical (unpaired) electrons. The van der Waals surface area contributed by atoms with E-state index in [0.717, 1.165) is 0 Å². The Morgan fingerprint density at radius 3 is 2.25 bits per heavy atom. The van der Waals surface area contributed by atoms with Gasteiger partial charge < -0.3 is 0 Å². The first kappa shape index (κ1) is 14.3. The minimum Gasteiger partial charge on any atom is -0.218 e. The molecule has 0 aromatic heterocycles. The number of rotatable bonds is 3. The number of hydrogen-bond acceptors (Lipinski definition) is 3. The van der Waals surface area contributed by atoms with Gasteiger partial charge in [0.25, 0.3) is 0 Å². The maximum atomic E-state index is 12.3. The lowest BCUT2D eigenvalue weighted by Crippen LogP contribution is -2.03. The molecule has 2 aromatic carbocycles. The van der Waals surface area contributed by atoms with Gasteiger partial charge in [-0.25, -0.2) is 8.42 Å². The number of nitriles is 1. The van der Waals surface area contributed by atoms with Crippen LogP contribution in [0.15, 0.2) is 64.4 Å². The first-order valence-corrected chi connectivity index (χ1v) is 7.58. The summed E-state index contributed by atoms with van der Waals surface area (Å²) in [6.45, 7) is 0. The lowest BCUT2D eigenvalue weighted by atomic mass is 10.2. The number of allylic oxidation sites excluding steroid dienone is 1. The van der Waals surface area contributed by atoms with Crippen molar-refractivity contribution in [3.8, 4) is 6.07 Å². The summed E-state index contributed by atoms with van der Waals surface area (Å²) >= 11 is 5.97. The predicted octanol–water partition coefficient (Wildman–Crippen LogP) is 3.68. The second-order valence-electron chi connectivity index (χ2n) is 3.96. The highest BCUT2D eigenvalue weighted by Crippen LogP contribution is 2.24. The zero-order chi connectivity index (χ0) is 14.6. The van der Waals surface area contributed by atoms with Gasteiger partial charge in [-0.1, -0.05) is 48.0 Å². The molecular weight excluding hydrogens is 294 g/mol. The SMILES string of the molecule is N#C/C(=C/c1ccccc1Cl)S(=O)(=O)c1ccccc1. The first-order valence-electron chi connectivity index (χ1n) is 5.72. The van der Waals surface area contributed by atoms with Gasteiger partial charge >= 0.3 is 0 Å². The molecule has 0 N–H and O–H groups in total. The summed E-state index contributed by atoms with van der Waals surface area (Å²) in [6, 6.07) is 16.3. The van der Waals surface area contributed by atoms with Crippen molar-refractivity contribution >= 4 is 27.5 Å². The van der Waals surface area contributed by atoms with Gasteiger partial charge in [0.15, 0.2) is 0 Å². The van der Waals surface area contributed by atoms with Crippen molar-refractivity contribution in [2.45, 2.75) is 4.90 Å². The van der Waals surface area contributed by atoms with E-state index in [4.69, 9.17) is 16.9 Å². The molecule has 0 fully saturated rings. The van der Waals surface area contributed by atoms with Crippen LogP contribution in [0.5, 0.6) is 0 Å². The molecule has 0 amide bonds. The summed E-state index contributed by atoms with van der Waals surface area (Å²) in [5.41, 5.74) is 0.491. The van der Waals surface area contributed by atoms with Gasteiger partial charge in [-0.3, -0.25) is 0 Å². The molecule has 0 unspecified atom stereocenters. The summed E-state index contributed by atoms with van der Waals surface area (Å²) in [5, 5.41) is 9.53. The summed E-state index contributed by atoms with van der Waals surface area (Å²) in [5.74, 6) is 0. The van der Waals surface area contributed by atoms with Crippen molar-refractivity contribution in [1.82, 2.24) is 0 Å². The zero-order valence-corrected chi connectivity index (χ0v) is 11.9. The second-order valence-corrected chi connectivity index (χ2v) is 6.28. The molecule has 0 saturated heterocycles. The Bertz CT molecular complexity index is 790. The van der Waals surface area contributed by atoms with Gasteiger partial charge in [0.2, 0.25) is 9.84 Å². The molecule has 0 aliphatic rings. The average Bonchev–Trinajstić information content (AvgIpc) is 2.47. The van der Waals surface area contributed by atoms with Gasteiger partial charge in [0, 0.05) is 5.02 Å². The molecule has 0 spiro atoms. The molecule has 3 nitrogen and oxygen atoms in total. The third kappa shape index (κ3) is 2.90. The molecule has 5 heteroatoms. The van der Waals surface area contributed by atoms with E-state index in [9.17, 15) is 8.42 Å². The maximum absolute atomic E-state index is 12.3. The van der Waals surface area contributed by atoms with E-state index in [1.54, 1.807) is 48.5 Å². The van der Waals surface area contributed by atoms with Crippen LogP contribution in [-0.2, 0) is 9.84 Å². The van der Waals surface area contributed by atoms with Crippen LogP contribution < -0.4 is 0 Å². The fourth-order valence-corrected chi connectivity index (χ4v) is 2.99. The Labute approximate surface area is 122 Å². The predicted molar refractivity (Wildman–Crippen MR) is 78.7 cm³/mol. The Balaban J connectivity index is 2.55. The van der Waals surface area contributed by atoms with Crippen LogP contribution in [0.3, 0.4) is 0 Å². The highest BCUT2D eigenvalue weighted by atomic mass is 35.5. The highest BCUT2D eigenvalue weighted by molar-refractivity contribution is 7.95. The molecule has 0 saturated carbocycles. The Morgan fingerprint density at radius 1 is 1.05 bits per heavy atom. The van der Waals surface area contributed by atoms with Crippen molar-refractivity contribution in [3.05, 3.63) is 70.1 Å². The second kappa shape index (κ2) is 5.91. The number of nitrogens with zero attached hydrogens (tertiary/aromatic N) is 1. The Hall–Kier alpha value is -2.09. The van der Waals surface area contributed by atoms with Crippen LogP contribution in [0.25, 0.3) is 6.08 Å². The molecule has 0 aliphatic heterocycles. The summed E-state index contributed by atoms with van der Waals surface area (Å²) in [6.07, 6.45) is 1.28. The van der Waals surface area contributed by atoms with Crippen LogP contribution in [-0.4, -0.2) is 8.42 Å². The molecule has 100 valence electrons. The number of benzene rings is 2. The maximum Gasteiger partial charge on any atom is 0.216 e. The Morgan fingerprint density at radius 2 is 1.65 bits per heavy atom. The number of halogens is 1. The lowest BCUT2D eigenvalue weighted by Gasteiger charge is -2.03. The van der Waals surface area contributed by atoms with E-state index in [0.29, 0.717) is 10.6 Å². The summed E-state index contributed by atoms with van der Waals surface area (Å²) < 4.78 is 24.7. The number of hydrogen-bond donors (Lipinski definition) is 0. The Kier molecular flexibility index (Phi) is 4.23. The molecule has 20 heavy (non-hydrogen) atoms.